The zero-order chi connectivity index (χ0) is 13.6. The number of hydrogen-bond donors (Lipinski definition) is 1. The van der Waals surface area contributed by atoms with Crippen LogP contribution in [0.4, 0.5) is 0 Å². The first-order chi connectivity index (χ1) is 8.38. The Bertz CT molecular complexity index is 368. The third-order valence-corrected chi connectivity index (χ3v) is 2.83. The molecule has 18 heavy (non-hydrogen) atoms. The molecule has 0 saturated heterocycles. The number of benzene rings is 1. The highest BCUT2D eigenvalue weighted by atomic mass is 16.2. The number of aryl methyl sites for hydroxylation is 1. The number of rotatable bonds is 6. The van der Waals surface area contributed by atoms with Crippen LogP contribution in [0, 0.1) is 0 Å². The van der Waals surface area contributed by atoms with Crippen molar-refractivity contribution in [3.05, 3.63) is 35.9 Å². The second-order valence-corrected chi connectivity index (χ2v) is 5.57. The predicted octanol–water partition coefficient (Wildman–Crippen LogP) is 2.21. The summed E-state index contributed by atoms with van der Waals surface area (Å²) in [5, 5.41) is 0. The van der Waals surface area contributed by atoms with E-state index in [1.807, 2.05) is 39.1 Å². The Morgan fingerprint density at radius 1 is 1.28 bits per heavy atom. The molecule has 1 amide bonds. The summed E-state index contributed by atoms with van der Waals surface area (Å²) in [6, 6.07) is 10.3. The van der Waals surface area contributed by atoms with E-state index in [0.29, 0.717) is 6.42 Å². The molecule has 0 fully saturated rings. The zero-order valence-corrected chi connectivity index (χ0v) is 11.6. The van der Waals surface area contributed by atoms with Gasteiger partial charge in [-0.2, -0.15) is 0 Å². The standard InChI is InChI=1S/C15H24N2O/c1-15(2,16)12-14(18)17(3)11-7-10-13-8-5-4-6-9-13/h4-6,8-9H,7,10-12,16H2,1-3H3. The van der Waals surface area contributed by atoms with Gasteiger partial charge in [-0.1, -0.05) is 30.3 Å². The summed E-state index contributed by atoms with van der Waals surface area (Å²) in [6.45, 7) is 4.54. The lowest BCUT2D eigenvalue weighted by Gasteiger charge is -2.23. The lowest BCUT2D eigenvalue weighted by atomic mass is 10.0. The van der Waals surface area contributed by atoms with Gasteiger partial charge in [-0.15, -0.1) is 0 Å². The fraction of sp³-hybridized carbons (Fsp3) is 0.533. The summed E-state index contributed by atoms with van der Waals surface area (Å²) in [5.41, 5.74) is 6.74. The molecule has 0 saturated carbocycles. The topological polar surface area (TPSA) is 46.3 Å². The van der Waals surface area contributed by atoms with Crippen LogP contribution in [0.25, 0.3) is 0 Å². The molecule has 3 heteroatoms. The van der Waals surface area contributed by atoms with E-state index in [1.165, 1.54) is 5.56 Å². The highest BCUT2D eigenvalue weighted by Crippen LogP contribution is 2.08. The van der Waals surface area contributed by atoms with Gasteiger partial charge >= 0.3 is 0 Å². The van der Waals surface area contributed by atoms with Gasteiger partial charge in [0.1, 0.15) is 0 Å². The molecule has 0 aliphatic carbocycles. The monoisotopic (exact) mass is 248 g/mol. The Morgan fingerprint density at radius 3 is 2.44 bits per heavy atom. The number of carbonyl (C=O) groups is 1. The van der Waals surface area contributed by atoms with Crippen molar-refractivity contribution in [2.45, 2.75) is 38.6 Å². The number of amides is 1. The van der Waals surface area contributed by atoms with E-state index in [-0.39, 0.29) is 5.91 Å². The summed E-state index contributed by atoms with van der Waals surface area (Å²) < 4.78 is 0. The molecule has 1 aromatic rings. The average Bonchev–Trinajstić information content (AvgIpc) is 2.28. The van der Waals surface area contributed by atoms with Crippen molar-refractivity contribution in [3.8, 4) is 0 Å². The van der Waals surface area contributed by atoms with Crippen LogP contribution in [0.15, 0.2) is 30.3 Å². The Morgan fingerprint density at radius 2 is 1.89 bits per heavy atom. The highest BCUT2D eigenvalue weighted by Gasteiger charge is 2.18. The number of hydrogen-bond acceptors (Lipinski definition) is 2. The molecule has 0 radical (unpaired) electrons. The van der Waals surface area contributed by atoms with Crippen LogP contribution >= 0.6 is 0 Å². The van der Waals surface area contributed by atoms with Crippen molar-refractivity contribution >= 4 is 5.91 Å². The lowest BCUT2D eigenvalue weighted by molar-refractivity contribution is -0.130. The van der Waals surface area contributed by atoms with Crippen LogP contribution in [0.3, 0.4) is 0 Å². The quantitative estimate of drug-likeness (QED) is 0.839. The Labute approximate surface area is 110 Å². The van der Waals surface area contributed by atoms with Crippen molar-refractivity contribution in [2.75, 3.05) is 13.6 Å². The molecule has 0 heterocycles. The molecule has 1 aromatic carbocycles. The van der Waals surface area contributed by atoms with E-state index in [1.54, 1.807) is 4.90 Å². The largest absolute Gasteiger partial charge is 0.346 e. The normalized spacial score (nSPS) is 11.3. The molecule has 0 aliphatic rings. The first-order valence-electron chi connectivity index (χ1n) is 6.45. The van der Waals surface area contributed by atoms with Crippen LogP contribution in [0.1, 0.15) is 32.3 Å². The van der Waals surface area contributed by atoms with Gasteiger partial charge in [0.05, 0.1) is 0 Å². The molecular weight excluding hydrogens is 224 g/mol. The number of carbonyl (C=O) groups excluding carboxylic acids is 1. The minimum absolute atomic E-state index is 0.121. The minimum Gasteiger partial charge on any atom is -0.346 e. The third kappa shape index (κ3) is 5.82. The van der Waals surface area contributed by atoms with Gasteiger partial charge in [0.2, 0.25) is 5.91 Å². The van der Waals surface area contributed by atoms with E-state index < -0.39 is 5.54 Å². The number of nitrogens with two attached hydrogens (primary N) is 1. The first-order valence-corrected chi connectivity index (χ1v) is 6.45. The summed E-state index contributed by atoms with van der Waals surface area (Å²) in [6.07, 6.45) is 2.39. The van der Waals surface area contributed by atoms with Gasteiger partial charge in [0.25, 0.3) is 0 Å². The second kappa shape index (κ2) is 6.55. The van der Waals surface area contributed by atoms with Crippen LogP contribution < -0.4 is 5.73 Å². The van der Waals surface area contributed by atoms with Gasteiger partial charge in [-0.25, -0.2) is 0 Å². The van der Waals surface area contributed by atoms with Gasteiger partial charge in [0.15, 0.2) is 0 Å². The van der Waals surface area contributed by atoms with E-state index in [0.717, 1.165) is 19.4 Å². The van der Waals surface area contributed by atoms with Crippen LogP contribution in [-0.4, -0.2) is 29.9 Å². The van der Waals surface area contributed by atoms with Crippen LogP contribution in [0.2, 0.25) is 0 Å². The van der Waals surface area contributed by atoms with E-state index in [2.05, 4.69) is 12.1 Å². The van der Waals surface area contributed by atoms with E-state index in [9.17, 15) is 4.79 Å². The fourth-order valence-corrected chi connectivity index (χ4v) is 1.81. The lowest BCUT2D eigenvalue weighted by Crippen LogP contribution is -2.40. The van der Waals surface area contributed by atoms with Gasteiger partial charge in [0, 0.05) is 25.6 Å². The Balaban J connectivity index is 2.29. The molecule has 3 nitrogen and oxygen atoms in total. The molecule has 0 atom stereocenters. The second-order valence-electron chi connectivity index (χ2n) is 5.57. The van der Waals surface area contributed by atoms with Crippen molar-refractivity contribution < 1.29 is 4.79 Å². The molecule has 100 valence electrons. The van der Waals surface area contributed by atoms with Crippen LogP contribution in [0.5, 0.6) is 0 Å². The molecule has 1 rings (SSSR count). The van der Waals surface area contributed by atoms with Gasteiger partial charge < -0.3 is 10.6 Å². The molecule has 2 N–H and O–H groups in total. The van der Waals surface area contributed by atoms with Gasteiger partial charge in [-0.05, 0) is 32.3 Å². The summed E-state index contributed by atoms with van der Waals surface area (Å²) in [4.78, 5) is 13.6. The molecule has 0 spiro atoms. The third-order valence-electron chi connectivity index (χ3n) is 2.83. The smallest absolute Gasteiger partial charge is 0.224 e. The van der Waals surface area contributed by atoms with Crippen molar-refractivity contribution in [1.82, 2.24) is 4.90 Å². The number of nitrogens with zero attached hydrogens (tertiary/aromatic N) is 1. The van der Waals surface area contributed by atoms with Crippen molar-refractivity contribution in [3.63, 3.8) is 0 Å². The molecule has 0 aromatic heterocycles. The molecule has 0 aliphatic heterocycles. The molecular formula is C15H24N2O. The summed E-state index contributed by atoms with van der Waals surface area (Å²) in [5.74, 6) is 0.121. The minimum atomic E-state index is -0.426. The first kappa shape index (κ1) is 14.7. The summed E-state index contributed by atoms with van der Waals surface area (Å²) in [7, 11) is 1.85. The fourth-order valence-electron chi connectivity index (χ4n) is 1.81. The zero-order valence-electron chi connectivity index (χ0n) is 11.6. The van der Waals surface area contributed by atoms with Gasteiger partial charge in [-0.3, -0.25) is 4.79 Å². The van der Waals surface area contributed by atoms with Crippen LogP contribution in [-0.2, 0) is 11.2 Å². The van der Waals surface area contributed by atoms with E-state index >= 15 is 0 Å². The van der Waals surface area contributed by atoms with Crippen molar-refractivity contribution in [1.29, 1.82) is 0 Å². The maximum Gasteiger partial charge on any atom is 0.224 e. The Kier molecular flexibility index (Phi) is 5.35. The maximum absolute atomic E-state index is 11.8. The maximum atomic E-state index is 11.8. The molecule has 0 unspecified atom stereocenters. The highest BCUT2D eigenvalue weighted by molar-refractivity contribution is 5.77. The Hall–Kier alpha value is -1.35. The predicted molar refractivity (Wildman–Crippen MR) is 75.3 cm³/mol. The van der Waals surface area contributed by atoms with E-state index in [4.69, 9.17) is 5.73 Å². The SMILES string of the molecule is CN(CCCc1ccccc1)C(=O)CC(C)(C)N. The average molecular weight is 248 g/mol. The van der Waals surface area contributed by atoms with Crippen molar-refractivity contribution in [2.24, 2.45) is 5.73 Å². The molecule has 0 bridgehead atoms. The summed E-state index contributed by atoms with van der Waals surface area (Å²) >= 11 is 0.